The molecule has 2 unspecified atom stereocenters. The van der Waals surface area contributed by atoms with Gasteiger partial charge in [0.1, 0.15) is 22.9 Å². The topological polar surface area (TPSA) is 218 Å². The molecule has 0 saturated carbocycles. The number of hydrogen-bond acceptors (Lipinski definition) is 12. The van der Waals surface area contributed by atoms with E-state index in [1.165, 1.54) is 54.6 Å². The fourth-order valence-corrected chi connectivity index (χ4v) is 7.40. The summed E-state index contributed by atoms with van der Waals surface area (Å²) in [4.78, 5) is 78.8. The number of Topliss-reactive ketones (excluding diaryl/α,β-unsaturated/α-hetero) is 2. The number of rotatable bonds is 21. The lowest BCUT2D eigenvalue weighted by molar-refractivity contribution is -0.127. The van der Waals surface area contributed by atoms with Crippen LogP contribution >= 0.6 is 58.0 Å². The maximum Gasteiger partial charge on any atom is 0.258 e. The molecule has 16 nitrogen and oxygen atoms in total. The zero-order chi connectivity index (χ0) is 49.5. The van der Waals surface area contributed by atoms with Crippen LogP contribution < -0.4 is 30.7 Å². The number of ketones is 2. The number of nitrogens with one attached hydrogen (secondary N) is 4. The minimum absolute atomic E-state index is 0.00847. The number of carbonyl (C=O) groups excluding carboxylic acids is 6. The van der Waals surface area contributed by atoms with E-state index in [9.17, 15) is 28.8 Å². The zero-order valence-corrected chi connectivity index (χ0v) is 40.6. The molecule has 0 aliphatic heterocycles. The van der Waals surface area contributed by atoms with Gasteiger partial charge in [-0.15, -0.1) is 34.8 Å². The van der Waals surface area contributed by atoms with Gasteiger partial charge in [0.05, 0.1) is 34.4 Å². The number of anilines is 4. The van der Waals surface area contributed by atoms with Gasteiger partial charge in [0.15, 0.2) is 11.6 Å². The summed E-state index contributed by atoms with van der Waals surface area (Å²) >= 11 is 31.6. The van der Waals surface area contributed by atoms with E-state index in [1.54, 1.807) is 36.4 Å². The van der Waals surface area contributed by atoms with E-state index in [2.05, 4.69) is 41.7 Å². The highest BCUT2D eigenvalue weighted by Crippen LogP contribution is 2.33. The van der Waals surface area contributed by atoms with Crippen molar-refractivity contribution in [2.45, 2.75) is 57.4 Å². The molecule has 5 aromatic carbocycles. The first-order chi connectivity index (χ1) is 32.6. The summed E-state index contributed by atoms with van der Waals surface area (Å²) in [5.74, 6) is -2.99. The van der Waals surface area contributed by atoms with Crippen molar-refractivity contribution in [3.05, 3.63) is 129 Å². The zero-order valence-electron chi connectivity index (χ0n) is 36.8. The molecule has 0 aliphatic rings. The summed E-state index contributed by atoms with van der Waals surface area (Å²) in [7, 11) is 0. The molecule has 4 amide bonds. The van der Waals surface area contributed by atoms with Crippen molar-refractivity contribution in [3.63, 3.8) is 0 Å². The number of nitrogens with zero attached hydrogens (tertiary/aromatic N) is 4. The minimum Gasteiger partial charge on any atom is -0.494 e. The molecule has 5 rings (SSSR count). The lowest BCUT2D eigenvalue weighted by atomic mass is 10.1. The van der Waals surface area contributed by atoms with Crippen molar-refractivity contribution in [2.24, 2.45) is 20.5 Å². The normalized spacial score (nSPS) is 12.0. The molecule has 68 heavy (non-hydrogen) atoms. The Morgan fingerprint density at radius 2 is 0.926 bits per heavy atom. The average molecular weight is 1030 g/mol. The van der Waals surface area contributed by atoms with Gasteiger partial charge in [-0.2, -0.15) is 20.5 Å². The molecule has 0 saturated heterocycles. The third kappa shape index (κ3) is 13.6. The van der Waals surface area contributed by atoms with Crippen LogP contribution in [0.15, 0.2) is 111 Å². The van der Waals surface area contributed by atoms with Gasteiger partial charge in [0, 0.05) is 40.4 Å². The fourth-order valence-electron chi connectivity index (χ4n) is 6.23. The molecule has 21 heteroatoms. The number of hydrogen-bond donors (Lipinski definition) is 4. The van der Waals surface area contributed by atoms with Crippen molar-refractivity contribution < 1.29 is 38.2 Å². The number of ether oxygens (including phenoxy) is 2. The molecule has 0 radical (unpaired) electrons. The summed E-state index contributed by atoms with van der Waals surface area (Å²) in [6, 6.07) is 20.0. The van der Waals surface area contributed by atoms with Crippen LogP contribution in [0, 0.1) is 0 Å². The molecule has 0 fully saturated rings. The third-order valence-corrected chi connectivity index (χ3v) is 11.3. The highest BCUT2D eigenvalue weighted by molar-refractivity contribution is 6.37. The van der Waals surface area contributed by atoms with E-state index in [-0.39, 0.29) is 61.6 Å². The Morgan fingerprint density at radius 3 is 1.34 bits per heavy atom. The number of benzene rings is 5. The Hall–Kier alpha value is -6.43. The van der Waals surface area contributed by atoms with Crippen LogP contribution in [0.2, 0.25) is 10.0 Å². The SMILES string of the molecule is CCOc1ccc(NC(=O)c2cccc(N=NC(C(C)=O)C(=O)Nc3ccc(NC(=O)C(N=Nc4cccc(C(=O)Nc5ccc(OCC)cc5CCl)c4Cl)C(C)=O)c(CCl)c3)c2Cl)c(CCl)c1. The molecule has 354 valence electrons. The smallest absolute Gasteiger partial charge is 0.258 e. The highest BCUT2D eigenvalue weighted by Gasteiger charge is 2.27. The monoisotopic (exact) mass is 1020 g/mol. The van der Waals surface area contributed by atoms with E-state index in [0.29, 0.717) is 52.8 Å². The summed E-state index contributed by atoms with van der Waals surface area (Å²) in [6.07, 6.45) is 0. The molecule has 0 aromatic heterocycles. The number of amides is 4. The summed E-state index contributed by atoms with van der Waals surface area (Å²) in [6.45, 7) is 6.89. The molecule has 0 aliphatic carbocycles. The second-order valence-electron chi connectivity index (χ2n) is 14.4. The van der Waals surface area contributed by atoms with Crippen LogP contribution in [0.5, 0.6) is 11.5 Å². The maximum absolute atomic E-state index is 13.5. The minimum atomic E-state index is -1.64. The predicted molar refractivity (Wildman–Crippen MR) is 264 cm³/mol. The van der Waals surface area contributed by atoms with Crippen molar-refractivity contribution >= 4 is 127 Å². The average Bonchev–Trinajstić information content (AvgIpc) is 3.31. The Morgan fingerprint density at radius 1 is 0.529 bits per heavy atom. The Kier molecular flexibility index (Phi) is 19.4. The Balaban J connectivity index is 1.26. The first-order valence-corrected chi connectivity index (χ1v) is 22.9. The standard InChI is InChI=1S/C47H43Cl5N8O8/c1-5-67-31-14-17-36(28(20-31)23-49)54-44(63)33-9-7-11-38(40(33)51)57-59-42(25(3)61)46(65)53-30-13-16-35(27(19-30)22-48)56-47(66)43(26(4)62)60-58-39-12-8-10-34(41(39)52)45(64)55-37-18-15-32(68-6-2)21-29(37)24-50/h7-21,42-43H,5-6,22-24H2,1-4H3,(H,53,65)(H,54,63)(H,55,64)(H,56,66). The molecule has 2 atom stereocenters. The van der Waals surface area contributed by atoms with E-state index in [1.807, 2.05) is 13.8 Å². The van der Waals surface area contributed by atoms with Crippen LogP contribution in [0.4, 0.5) is 34.1 Å². The molecule has 0 bridgehead atoms. The van der Waals surface area contributed by atoms with E-state index in [4.69, 9.17) is 67.5 Å². The van der Waals surface area contributed by atoms with Gasteiger partial charge >= 0.3 is 0 Å². The largest absolute Gasteiger partial charge is 0.494 e. The number of halogens is 5. The molecule has 0 heterocycles. The fraction of sp³-hybridized carbons (Fsp3) is 0.234. The maximum atomic E-state index is 13.5. The van der Waals surface area contributed by atoms with Crippen LogP contribution in [0.3, 0.4) is 0 Å². The molecular formula is C47H43Cl5N8O8. The second kappa shape index (κ2) is 25.1. The van der Waals surface area contributed by atoms with E-state index in [0.717, 1.165) is 13.8 Å². The number of carbonyl (C=O) groups is 6. The Labute approximate surface area is 416 Å². The quantitative estimate of drug-likeness (QED) is 0.0314. The summed E-state index contributed by atoms with van der Waals surface area (Å²) in [5, 5.41) is 26.6. The van der Waals surface area contributed by atoms with Crippen LogP contribution in [0.1, 0.15) is 65.1 Å². The summed E-state index contributed by atoms with van der Waals surface area (Å²) in [5.41, 5.74) is 2.88. The third-order valence-electron chi connectivity index (χ3n) is 9.61. The molecular weight excluding hydrogens is 982 g/mol. The lowest BCUT2D eigenvalue weighted by Crippen LogP contribution is -2.32. The highest BCUT2D eigenvalue weighted by atomic mass is 35.5. The van der Waals surface area contributed by atoms with Gasteiger partial charge in [-0.25, -0.2) is 0 Å². The second-order valence-corrected chi connectivity index (χ2v) is 16.0. The van der Waals surface area contributed by atoms with E-state index < -0.39 is 47.3 Å². The van der Waals surface area contributed by atoms with Gasteiger partial charge in [-0.1, -0.05) is 35.3 Å². The number of azo groups is 2. The predicted octanol–water partition coefficient (Wildman–Crippen LogP) is 11.9. The van der Waals surface area contributed by atoms with E-state index >= 15 is 0 Å². The van der Waals surface area contributed by atoms with Crippen LogP contribution in [0.25, 0.3) is 0 Å². The molecule has 5 aromatic rings. The molecule has 4 N–H and O–H groups in total. The Bertz CT molecular complexity index is 2790. The van der Waals surface area contributed by atoms with Crippen LogP contribution in [-0.2, 0) is 36.8 Å². The van der Waals surface area contributed by atoms with Gasteiger partial charge in [0.25, 0.3) is 23.6 Å². The lowest BCUT2D eigenvalue weighted by Gasteiger charge is -2.15. The van der Waals surface area contributed by atoms with Crippen molar-refractivity contribution in [2.75, 3.05) is 34.5 Å². The molecule has 0 spiro atoms. The van der Waals surface area contributed by atoms with Gasteiger partial charge in [-0.05, 0) is 123 Å². The van der Waals surface area contributed by atoms with Crippen LogP contribution in [-0.4, -0.2) is 60.5 Å². The van der Waals surface area contributed by atoms with Gasteiger partial charge in [0.2, 0.25) is 12.1 Å². The first-order valence-electron chi connectivity index (χ1n) is 20.6. The van der Waals surface area contributed by atoms with Gasteiger partial charge in [-0.3, -0.25) is 28.8 Å². The van der Waals surface area contributed by atoms with Gasteiger partial charge < -0.3 is 30.7 Å². The van der Waals surface area contributed by atoms with Crippen molar-refractivity contribution in [3.8, 4) is 11.5 Å². The van der Waals surface area contributed by atoms with Crippen molar-refractivity contribution in [1.82, 2.24) is 0 Å². The first kappa shape index (κ1) is 52.5. The van der Waals surface area contributed by atoms with Crippen molar-refractivity contribution in [1.29, 1.82) is 0 Å². The number of alkyl halides is 3. The summed E-state index contributed by atoms with van der Waals surface area (Å²) < 4.78 is 11.0.